The number of halogens is 1. The molecule has 2 heterocycles. The van der Waals surface area contributed by atoms with Crippen LogP contribution in [0.15, 0.2) is 39.6 Å². The number of aromatic amines is 1. The maximum atomic E-state index is 13.1. The third-order valence-corrected chi connectivity index (χ3v) is 5.77. The number of unbranched alkanes of at least 4 members (excludes halogenated alkanes) is 2. The molecule has 2 N–H and O–H groups in total. The molecular weight excluding hydrogens is 385 g/mol. The Morgan fingerprint density at radius 1 is 1.30 bits per heavy atom. The van der Waals surface area contributed by atoms with Crippen LogP contribution in [0, 0.1) is 5.82 Å². The molecule has 0 aliphatic rings. The van der Waals surface area contributed by atoms with Crippen molar-refractivity contribution in [1.29, 1.82) is 0 Å². The molecule has 0 bridgehead atoms. The van der Waals surface area contributed by atoms with Gasteiger partial charge in [0.2, 0.25) is 5.91 Å². The van der Waals surface area contributed by atoms with Gasteiger partial charge in [0.25, 0.3) is 5.56 Å². The van der Waals surface area contributed by atoms with Gasteiger partial charge in [-0.3, -0.25) is 9.59 Å². The van der Waals surface area contributed by atoms with Crippen LogP contribution >= 0.6 is 23.1 Å². The summed E-state index contributed by atoms with van der Waals surface area (Å²) in [5.41, 5.74) is 1.24. The molecular formula is C19H20FN3O2S2. The summed E-state index contributed by atoms with van der Waals surface area (Å²) in [5, 5.41) is 5.61. The Labute approximate surface area is 164 Å². The number of hydrogen-bond acceptors (Lipinski definition) is 5. The minimum absolute atomic E-state index is 0.0722. The fourth-order valence-corrected chi connectivity index (χ4v) is 4.32. The van der Waals surface area contributed by atoms with Crippen LogP contribution in [-0.4, -0.2) is 28.2 Å². The van der Waals surface area contributed by atoms with Crippen molar-refractivity contribution < 1.29 is 9.18 Å². The smallest absolute Gasteiger partial charge is 0.260 e. The Morgan fingerprint density at radius 2 is 2.07 bits per heavy atom. The second kappa shape index (κ2) is 9.14. The van der Waals surface area contributed by atoms with Gasteiger partial charge in [-0.2, -0.15) is 0 Å². The summed E-state index contributed by atoms with van der Waals surface area (Å²) >= 11 is 2.56. The Hall–Kier alpha value is -2.19. The van der Waals surface area contributed by atoms with Gasteiger partial charge in [0.05, 0.1) is 11.1 Å². The molecule has 0 saturated heterocycles. The zero-order chi connectivity index (χ0) is 19.2. The van der Waals surface area contributed by atoms with E-state index in [0.29, 0.717) is 21.9 Å². The number of aromatic nitrogens is 2. The molecule has 27 heavy (non-hydrogen) atoms. The van der Waals surface area contributed by atoms with Gasteiger partial charge >= 0.3 is 0 Å². The number of amides is 1. The number of H-pyrrole nitrogens is 1. The van der Waals surface area contributed by atoms with Crippen LogP contribution in [0.3, 0.4) is 0 Å². The quantitative estimate of drug-likeness (QED) is 0.335. The van der Waals surface area contributed by atoms with Crippen LogP contribution in [0.5, 0.6) is 0 Å². The van der Waals surface area contributed by atoms with Crippen LogP contribution < -0.4 is 10.9 Å². The van der Waals surface area contributed by atoms with E-state index in [-0.39, 0.29) is 23.0 Å². The highest BCUT2D eigenvalue weighted by Crippen LogP contribution is 2.31. The van der Waals surface area contributed by atoms with Crippen molar-refractivity contribution in [2.45, 2.75) is 31.3 Å². The fourth-order valence-electron chi connectivity index (χ4n) is 2.63. The number of thioether (sulfide) groups is 1. The number of fused-ring (bicyclic) bond motifs is 1. The number of nitrogens with zero attached hydrogens (tertiary/aromatic N) is 1. The monoisotopic (exact) mass is 405 g/mol. The predicted molar refractivity (Wildman–Crippen MR) is 109 cm³/mol. The van der Waals surface area contributed by atoms with Crippen LogP contribution in [-0.2, 0) is 4.79 Å². The first-order valence-corrected chi connectivity index (χ1v) is 10.6. The zero-order valence-corrected chi connectivity index (χ0v) is 16.5. The van der Waals surface area contributed by atoms with Crippen molar-refractivity contribution >= 4 is 39.2 Å². The highest BCUT2D eigenvalue weighted by molar-refractivity contribution is 7.99. The van der Waals surface area contributed by atoms with Crippen molar-refractivity contribution in [3.63, 3.8) is 0 Å². The second-order valence-corrected chi connectivity index (χ2v) is 7.88. The maximum Gasteiger partial charge on any atom is 0.260 e. The van der Waals surface area contributed by atoms with Gasteiger partial charge in [0, 0.05) is 17.5 Å². The summed E-state index contributed by atoms with van der Waals surface area (Å²) in [6.45, 7) is 2.78. The molecule has 1 aromatic carbocycles. The number of hydrogen-bond donors (Lipinski definition) is 2. The lowest BCUT2D eigenvalue weighted by Crippen LogP contribution is -2.26. The van der Waals surface area contributed by atoms with E-state index in [0.717, 1.165) is 30.4 Å². The summed E-state index contributed by atoms with van der Waals surface area (Å²) in [6.07, 6.45) is 3.17. The lowest BCUT2D eigenvalue weighted by atomic mass is 10.1. The lowest BCUT2D eigenvalue weighted by molar-refractivity contribution is -0.118. The largest absolute Gasteiger partial charge is 0.355 e. The number of thiophene rings is 1. The van der Waals surface area contributed by atoms with Gasteiger partial charge in [-0.25, -0.2) is 9.37 Å². The van der Waals surface area contributed by atoms with E-state index in [1.807, 2.05) is 5.38 Å². The minimum atomic E-state index is -0.322. The third-order valence-electron chi connectivity index (χ3n) is 4.02. The van der Waals surface area contributed by atoms with Crippen molar-refractivity contribution in [2.75, 3.05) is 12.3 Å². The molecule has 8 heteroatoms. The standard InChI is InChI=1S/C19H20FN3O2S2/c1-2-3-4-9-21-15(24)11-27-19-22-17(25)16-14(10-26-18(16)23-19)12-5-7-13(20)8-6-12/h5-8,10H,2-4,9,11H2,1H3,(H,21,24)(H,22,23,25). The van der Waals surface area contributed by atoms with Gasteiger partial charge in [-0.1, -0.05) is 43.7 Å². The molecule has 0 spiro atoms. The number of carbonyl (C=O) groups excluding carboxylic acids is 1. The van der Waals surface area contributed by atoms with Crippen LogP contribution in [0.1, 0.15) is 26.2 Å². The summed E-state index contributed by atoms with van der Waals surface area (Å²) < 4.78 is 13.1. The van der Waals surface area contributed by atoms with Gasteiger partial charge in [-0.15, -0.1) is 11.3 Å². The summed E-state index contributed by atoms with van der Waals surface area (Å²) in [6, 6.07) is 6.01. The number of carbonyl (C=O) groups is 1. The highest BCUT2D eigenvalue weighted by atomic mass is 32.2. The Morgan fingerprint density at radius 3 is 2.81 bits per heavy atom. The van der Waals surface area contributed by atoms with Gasteiger partial charge < -0.3 is 10.3 Å². The summed E-state index contributed by atoms with van der Waals surface area (Å²) in [7, 11) is 0. The molecule has 0 aliphatic carbocycles. The van der Waals surface area contributed by atoms with Crippen LogP contribution in [0.25, 0.3) is 21.3 Å². The zero-order valence-electron chi connectivity index (χ0n) is 14.9. The van der Waals surface area contributed by atoms with E-state index >= 15 is 0 Å². The van der Waals surface area contributed by atoms with E-state index in [4.69, 9.17) is 0 Å². The van der Waals surface area contributed by atoms with Crippen molar-refractivity contribution in [3.8, 4) is 11.1 Å². The maximum absolute atomic E-state index is 13.1. The Kier molecular flexibility index (Phi) is 6.63. The summed E-state index contributed by atoms with van der Waals surface area (Å²) in [4.78, 5) is 32.2. The normalized spacial score (nSPS) is 11.0. The average Bonchev–Trinajstić information content (AvgIpc) is 3.09. The number of nitrogens with one attached hydrogen (secondary N) is 2. The molecule has 0 aliphatic heterocycles. The molecule has 3 rings (SSSR count). The Balaban J connectivity index is 1.72. The minimum Gasteiger partial charge on any atom is -0.355 e. The molecule has 0 unspecified atom stereocenters. The van der Waals surface area contributed by atoms with Crippen molar-refractivity contribution in [1.82, 2.24) is 15.3 Å². The van der Waals surface area contributed by atoms with Crippen molar-refractivity contribution in [2.24, 2.45) is 0 Å². The second-order valence-electron chi connectivity index (χ2n) is 6.05. The molecule has 2 aromatic heterocycles. The number of benzene rings is 1. The lowest BCUT2D eigenvalue weighted by Gasteiger charge is -2.04. The van der Waals surface area contributed by atoms with Crippen LogP contribution in [0.2, 0.25) is 0 Å². The molecule has 0 radical (unpaired) electrons. The topological polar surface area (TPSA) is 74.8 Å². The molecule has 0 fully saturated rings. The highest BCUT2D eigenvalue weighted by Gasteiger charge is 2.14. The molecule has 3 aromatic rings. The Bertz CT molecular complexity index is 983. The van der Waals surface area contributed by atoms with Gasteiger partial charge in [-0.05, 0) is 24.1 Å². The van der Waals surface area contributed by atoms with E-state index in [1.54, 1.807) is 12.1 Å². The van der Waals surface area contributed by atoms with Gasteiger partial charge in [0.1, 0.15) is 10.6 Å². The first-order chi connectivity index (χ1) is 13.1. The third kappa shape index (κ3) is 4.95. The number of rotatable bonds is 8. The molecule has 0 atom stereocenters. The van der Waals surface area contributed by atoms with E-state index < -0.39 is 0 Å². The average molecular weight is 406 g/mol. The van der Waals surface area contributed by atoms with Crippen molar-refractivity contribution in [3.05, 3.63) is 45.8 Å². The van der Waals surface area contributed by atoms with E-state index in [2.05, 4.69) is 22.2 Å². The molecule has 1 amide bonds. The first-order valence-electron chi connectivity index (χ1n) is 8.75. The SMILES string of the molecule is CCCCCNC(=O)CSc1nc2scc(-c3ccc(F)cc3)c2c(=O)[nH]1. The molecule has 0 saturated carbocycles. The first kappa shape index (κ1) is 19.6. The summed E-state index contributed by atoms with van der Waals surface area (Å²) in [5.74, 6) is -0.189. The fraction of sp³-hybridized carbons (Fsp3) is 0.316. The van der Waals surface area contributed by atoms with E-state index in [9.17, 15) is 14.0 Å². The van der Waals surface area contributed by atoms with E-state index in [1.165, 1.54) is 35.2 Å². The molecule has 5 nitrogen and oxygen atoms in total. The van der Waals surface area contributed by atoms with Crippen LogP contribution in [0.4, 0.5) is 4.39 Å². The predicted octanol–water partition coefficient (Wildman–Crippen LogP) is 4.19. The van der Waals surface area contributed by atoms with Gasteiger partial charge in [0.15, 0.2) is 5.16 Å². The molecule has 142 valence electrons.